The van der Waals surface area contributed by atoms with Gasteiger partial charge in [-0.25, -0.2) is 18.5 Å². The second-order valence-electron chi connectivity index (χ2n) is 1.99. The molecule has 1 aromatic rings. The predicted octanol–water partition coefficient (Wildman–Crippen LogP) is 1.04. The Morgan fingerprint density at radius 1 is 1.42 bits per heavy atom. The Hall–Kier alpha value is -0.360. The molecule has 0 atom stereocenters. The fraction of sp³-hybridized carbons (Fsp3) is 0. The fourth-order valence-electron chi connectivity index (χ4n) is 0.604. The lowest BCUT2D eigenvalue weighted by atomic mass is 10.5. The van der Waals surface area contributed by atoms with Gasteiger partial charge in [0.2, 0.25) is 10.0 Å². The molecule has 7 heteroatoms. The number of halogens is 2. The van der Waals surface area contributed by atoms with Crippen LogP contribution in [0.15, 0.2) is 17.2 Å². The van der Waals surface area contributed by atoms with Gasteiger partial charge in [-0.1, -0.05) is 23.2 Å². The summed E-state index contributed by atoms with van der Waals surface area (Å²) in [5.74, 6) is 0. The zero-order valence-electron chi connectivity index (χ0n) is 5.66. The summed E-state index contributed by atoms with van der Waals surface area (Å²) in [5, 5.41) is 4.81. The van der Waals surface area contributed by atoms with Gasteiger partial charge in [0.1, 0.15) is 10.0 Å². The number of pyridine rings is 1. The zero-order valence-corrected chi connectivity index (χ0v) is 7.99. The van der Waals surface area contributed by atoms with Crippen LogP contribution in [0.1, 0.15) is 0 Å². The molecule has 0 spiro atoms. The van der Waals surface area contributed by atoms with E-state index in [1.807, 2.05) is 0 Å². The molecule has 0 bridgehead atoms. The molecule has 0 aromatic carbocycles. The number of hydrogen-bond donors (Lipinski definition) is 1. The number of rotatable bonds is 1. The van der Waals surface area contributed by atoms with Crippen LogP contribution in [0, 0.1) is 0 Å². The molecule has 0 fully saturated rings. The van der Waals surface area contributed by atoms with Crippen molar-refractivity contribution in [2.24, 2.45) is 5.14 Å². The van der Waals surface area contributed by atoms with E-state index in [4.69, 9.17) is 28.3 Å². The van der Waals surface area contributed by atoms with Gasteiger partial charge in [-0.05, 0) is 6.07 Å². The monoisotopic (exact) mass is 226 g/mol. The van der Waals surface area contributed by atoms with Gasteiger partial charge < -0.3 is 0 Å². The first-order valence-corrected chi connectivity index (χ1v) is 5.05. The van der Waals surface area contributed by atoms with E-state index in [1.54, 1.807) is 0 Å². The summed E-state index contributed by atoms with van der Waals surface area (Å²) in [6.07, 6.45) is 1.23. The number of nitrogens with two attached hydrogens (primary N) is 1. The number of aromatic nitrogens is 1. The second kappa shape index (κ2) is 3.18. The minimum absolute atomic E-state index is 0.170. The van der Waals surface area contributed by atoms with Gasteiger partial charge in [-0.2, -0.15) is 0 Å². The molecule has 0 radical (unpaired) electrons. The van der Waals surface area contributed by atoms with Crippen LogP contribution in [0.2, 0.25) is 10.2 Å². The van der Waals surface area contributed by atoms with Gasteiger partial charge in [-0.15, -0.1) is 0 Å². The number of nitrogens with zero attached hydrogens (tertiary/aromatic N) is 1. The lowest BCUT2D eigenvalue weighted by Gasteiger charge is -1.99. The molecule has 0 unspecified atom stereocenters. The Balaban J connectivity index is 3.43. The van der Waals surface area contributed by atoms with E-state index in [2.05, 4.69) is 4.98 Å². The summed E-state index contributed by atoms with van der Waals surface area (Å²) in [5.41, 5.74) is 0. The highest BCUT2D eigenvalue weighted by Crippen LogP contribution is 2.20. The van der Waals surface area contributed by atoms with Gasteiger partial charge in [-0.3, -0.25) is 0 Å². The largest absolute Gasteiger partial charge is 0.242 e. The second-order valence-corrected chi connectivity index (χ2v) is 4.31. The average Bonchev–Trinajstić information content (AvgIpc) is 1.92. The SMILES string of the molecule is NS(=O)(=O)c1cc(Cl)cnc1Cl. The summed E-state index contributed by atoms with van der Waals surface area (Å²) in [6.45, 7) is 0. The lowest BCUT2D eigenvalue weighted by Crippen LogP contribution is -2.13. The smallest absolute Gasteiger partial charge is 0.241 e. The quantitative estimate of drug-likeness (QED) is 0.728. The van der Waals surface area contributed by atoms with Gasteiger partial charge in [0.15, 0.2) is 0 Å². The molecule has 4 nitrogen and oxygen atoms in total. The zero-order chi connectivity index (χ0) is 9.35. The topological polar surface area (TPSA) is 73.1 Å². The summed E-state index contributed by atoms with van der Waals surface area (Å²) in [7, 11) is -3.83. The molecule has 1 heterocycles. The van der Waals surface area contributed by atoms with Crippen LogP contribution < -0.4 is 5.14 Å². The van der Waals surface area contributed by atoms with Gasteiger partial charge in [0, 0.05) is 6.20 Å². The summed E-state index contributed by atoms with van der Waals surface area (Å²) in [4.78, 5) is 3.25. The molecular formula is C5H4Cl2N2O2S. The standard InChI is InChI=1S/C5H4Cl2N2O2S/c6-3-1-4(12(8,10)11)5(7)9-2-3/h1-2H,(H2,8,10,11). The van der Waals surface area contributed by atoms with E-state index in [0.29, 0.717) is 0 Å². The lowest BCUT2D eigenvalue weighted by molar-refractivity contribution is 0.597. The molecule has 0 saturated carbocycles. The minimum atomic E-state index is -3.83. The molecule has 2 N–H and O–H groups in total. The van der Waals surface area contributed by atoms with Gasteiger partial charge in [0.25, 0.3) is 0 Å². The van der Waals surface area contributed by atoms with Crippen molar-refractivity contribution >= 4 is 33.2 Å². The molecule has 0 aliphatic carbocycles. The first-order valence-electron chi connectivity index (χ1n) is 2.75. The van der Waals surface area contributed by atoms with Crippen LogP contribution in [0.4, 0.5) is 0 Å². The molecule has 0 saturated heterocycles. The maximum absolute atomic E-state index is 10.8. The maximum atomic E-state index is 10.8. The van der Waals surface area contributed by atoms with Crippen LogP contribution in [0.5, 0.6) is 0 Å². The molecule has 0 amide bonds. The van der Waals surface area contributed by atoms with Crippen molar-refractivity contribution < 1.29 is 8.42 Å². The normalized spacial score (nSPS) is 11.6. The highest BCUT2D eigenvalue weighted by Gasteiger charge is 2.13. The number of primary sulfonamides is 1. The maximum Gasteiger partial charge on any atom is 0.241 e. The van der Waals surface area contributed by atoms with E-state index < -0.39 is 10.0 Å². The van der Waals surface area contributed by atoms with Crippen molar-refractivity contribution in [2.75, 3.05) is 0 Å². The summed E-state index contributed by atoms with van der Waals surface area (Å²) in [6, 6.07) is 1.15. The third kappa shape index (κ3) is 2.07. The van der Waals surface area contributed by atoms with E-state index in [0.717, 1.165) is 6.07 Å². The van der Waals surface area contributed by atoms with Crippen LogP contribution in [-0.4, -0.2) is 13.4 Å². The third-order valence-electron chi connectivity index (χ3n) is 1.08. The summed E-state index contributed by atoms with van der Waals surface area (Å²) < 4.78 is 21.6. The Morgan fingerprint density at radius 3 is 2.42 bits per heavy atom. The average molecular weight is 227 g/mol. The highest BCUT2D eigenvalue weighted by atomic mass is 35.5. The Bertz CT molecular complexity index is 404. The van der Waals surface area contributed by atoms with Crippen LogP contribution in [0.3, 0.4) is 0 Å². The third-order valence-corrected chi connectivity index (χ3v) is 2.62. The highest BCUT2D eigenvalue weighted by molar-refractivity contribution is 7.89. The predicted molar refractivity (Wildman–Crippen MR) is 45.6 cm³/mol. The van der Waals surface area contributed by atoms with Crippen LogP contribution in [-0.2, 0) is 10.0 Å². The van der Waals surface area contributed by atoms with E-state index in [-0.39, 0.29) is 15.1 Å². The first kappa shape index (κ1) is 9.73. The number of hydrogen-bond acceptors (Lipinski definition) is 3. The van der Waals surface area contributed by atoms with Crippen molar-refractivity contribution in [3.8, 4) is 0 Å². The minimum Gasteiger partial charge on any atom is -0.242 e. The Labute approximate surface area is 79.4 Å². The van der Waals surface area contributed by atoms with E-state index in [1.165, 1.54) is 6.20 Å². The van der Waals surface area contributed by atoms with Crippen molar-refractivity contribution in [3.05, 3.63) is 22.4 Å². The summed E-state index contributed by atoms with van der Waals surface area (Å²) >= 11 is 10.9. The van der Waals surface area contributed by atoms with Crippen LogP contribution in [0.25, 0.3) is 0 Å². The molecule has 0 aliphatic rings. The van der Waals surface area contributed by atoms with Crippen LogP contribution >= 0.6 is 23.2 Å². The van der Waals surface area contributed by atoms with Crippen molar-refractivity contribution in [1.29, 1.82) is 0 Å². The molecule has 0 aliphatic heterocycles. The van der Waals surface area contributed by atoms with Crippen molar-refractivity contribution in [3.63, 3.8) is 0 Å². The molecule has 66 valence electrons. The molecule has 1 rings (SSSR count). The van der Waals surface area contributed by atoms with Gasteiger partial charge >= 0.3 is 0 Å². The molecular weight excluding hydrogens is 223 g/mol. The Morgan fingerprint density at radius 2 is 2.00 bits per heavy atom. The Kier molecular flexibility index (Phi) is 2.58. The van der Waals surface area contributed by atoms with Gasteiger partial charge in [0.05, 0.1) is 5.02 Å². The first-order chi connectivity index (χ1) is 5.41. The van der Waals surface area contributed by atoms with E-state index >= 15 is 0 Å². The van der Waals surface area contributed by atoms with E-state index in [9.17, 15) is 8.42 Å². The molecule has 12 heavy (non-hydrogen) atoms. The fourth-order valence-corrected chi connectivity index (χ4v) is 1.83. The van der Waals surface area contributed by atoms with Crippen molar-refractivity contribution in [2.45, 2.75) is 4.90 Å². The van der Waals surface area contributed by atoms with Crippen molar-refractivity contribution in [1.82, 2.24) is 4.98 Å². The molecule has 1 aromatic heterocycles. The number of sulfonamides is 1.